The van der Waals surface area contributed by atoms with Gasteiger partial charge in [0.1, 0.15) is 5.56 Å². The fourth-order valence-corrected chi connectivity index (χ4v) is 2.46. The molecule has 0 fully saturated rings. The number of H-pyrrole nitrogens is 1. The van der Waals surface area contributed by atoms with Gasteiger partial charge in [-0.2, -0.15) is 0 Å². The lowest BCUT2D eigenvalue weighted by Crippen LogP contribution is -2.21. The van der Waals surface area contributed by atoms with Crippen LogP contribution in [0.25, 0.3) is 10.9 Å². The quantitative estimate of drug-likeness (QED) is 0.749. The second kappa shape index (κ2) is 5.01. The Morgan fingerprint density at radius 2 is 2.10 bits per heavy atom. The lowest BCUT2D eigenvalue weighted by Gasteiger charge is -2.06. The molecule has 0 atom stereocenters. The van der Waals surface area contributed by atoms with Crippen molar-refractivity contribution in [1.82, 2.24) is 14.8 Å². The molecule has 0 spiro atoms. The van der Waals surface area contributed by atoms with Gasteiger partial charge in [0.25, 0.3) is 5.56 Å². The molecule has 21 heavy (non-hydrogen) atoms. The molecule has 0 saturated heterocycles. The van der Waals surface area contributed by atoms with E-state index in [0.29, 0.717) is 12.1 Å². The largest absolute Gasteiger partial charge is 0.302 e. The van der Waals surface area contributed by atoms with Gasteiger partial charge in [-0.15, -0.1) is 0 Å². The second-order valence-corrected chi connectivity index (χ2v) is 4.90. The third kappa shape index (κ3) is 2.07. The number of ketones is 1. The Morgan fingerprint density at radius 1 is 1.29 bits per heavy atom. The standard InChI is InChI=1S/C16H15N3O2/c1-3-19-16(21)13(9-18-19)15(20)12-7-6-10(2)14-11(12)5-4-8-17-14/h4-9,18H,3H2,1-2H3. The Hall–Kier alpha value is -2.69. The number of carbonyl (C=O) groups is 1. The molecule has 0 bridgehead atoms. The van der Waals surface area contributed by atoms with Crippen LogP contribution >= 0.6 is 0 Å². The highest BCUT2D eigenvalue weighted by Crippen LogP contribution is 2.22. The molecule has 2 aromatic heterocycles. The lowest BCUT2D eigenvalue weighted by molar-refractivity contribution is 0.103. The van der Waals surface area contributed by atoms with Crippen molar-refractivity contribution in [3.05, 3.63) is 63.7 Å². The summed E-state index contributed by atoms with van der Waals surface area (Å²) in [5, 5.41) is 3.57. The molecule has 1 N–H and O–H groups in total. The number of aromatic nitrogens is 3. The Balaban J connectivity index is 2.21. The predicted octanol–water partition coefficient (Wildman–Crippen LogP) is 2.28. The van der Waals surface area contributed by atoms with Gasteiger partial charge in [-0.25, -0.2) is 0 Å². The first-order chi connectivity index (χ1) is 10.1. The molecule has 0 amide bonds. The third-order valence-corrected chi connectivity index (χ3v) is 3.62. The number of carbonyl (C=O) groups excluding carboxylic acids is 1. The minimum absolute atomic E-state index is 0.158. The van der Waals surface area contributed by atoms with E-state index in [2.05, 4.69) is 10.1 Å². The van der Waals surface area contributed by atoms with E-state index in [9.17, 15) is 9.59 Å². The van der Waals surface area contributed by atoms with Crippen molar-refractivity contribution in [3.8, 4) is 0 Å². The summed E-state index contributed by atoms with van der Waals surface area (Å²) in [4.78, 5) is 29.1. The van der Waals surface area contributed by atoms with Gasteiger partial charge < -0.3 is 5.10 Å². The summed E-state index contributed by atoms with van der Waals surface area (Å²) in [7, 11) is 0. The fraction of sp³-hybridized carbons (Fsp3) is 0.188. The summed E-state index contributed by atoms with van der Waals surface area (Å²) in [6.07, 6.45) is 3.17. The van der Waals surface area contributed by atoms with Gasteiger partial charge in [-0.3, -0.25) is 19.3 Å². The van der Waals surface area contributed by atoms with Crippen LogP contribution in [0.2, 0.25) is 0 Å². The summed E-state index contributed by atoms with van der Waals surface area (Å²) < 4.78 is 1.40. The molecule has 1 aromatic carbocycles. The van der Waals surface area contributed by atoms with Gasteiger partial charge in [-0.1, -0.05) is 18.2 Å². The summed E-state index contributed by atoms with van der Waals surface area (Å²) in [6, 6.07) is 7.26. The summed E-state index contributed by atoms with van der Waals surface area (Å²) >= 11 is 0. The SMILES string of the molecule is CCn1[nH]cc(C(=O)c2ccc(C)c3ncccc23)c1=O. The number of aryl methyl sites for hydroxylation is 2. The van der Waals surface area contributed by atoms with Crippen LogP contribution < -0.4 is 5.56 Å². The molecule has 5 heteroatoms. The van der Waals surface area contributed by atoms with Crippen molar-refractivity contribution in [1.29, 1.82) is 0 Å². The Morgan fingerprint density at radius 3 is 2.81 bits per heavy atom. The van der Waals surface area contributed by atoms with Gasteiger partial charge in [0.05, 0.1) is 5.52 Å². The second-order valence-electron chi connectivity index (χ2n) is 4.90. The summed E-state index contributed by atoms with van der Waals surface area (Å²) in [6.45, 7) is 4.30. The van der Waals surface area contributed by atoms with Crippen molar-refractivity contribution in [2.45, 2.75) is 20.4 Å². The van der Waals surface area contributed by atoms with Gasteiger partial charge in [0, 0.05) is 29.9 Å². The van der Waals surface area contributed by atoms with E-state index in [0.717, 1.165) is 16.5 Å². The number of hydrogen-bond acceptors (Lipinski definition) is 3. The van der Waals surface area contributed by atoms with Gasteiger partial charge >= 0.3 is 0 Å². The highest BCUT2D eigenvalue weighted by Gasteiger charge is 2.18. The van der Waals surface area contributed by atoms with E-state index >= 15 is 0 Å². The molecular formula is C16H15N3O2. The van der Waals surface area contributed by atoms with Gasteiger partial charge in [0.2, 0.25) is 5.78 Å². The van der Waals surface area contributed by atoms with Crippen LogP contribution in [0.4, 0.5) is 0 Å². The van der Waals surface area contributed by atoms with E-state index < -0.39 is 0 Å². The highest BCUT2D eigenvalue weighted by atomic mass is 16.2. The molecule has 3 rings (SSSR count). The van der Waals surface area contributed by atoms with E-state index in [4.69, 9.17) is 0 Å². The zero-order chi connectivity index (χ0) is 15.0. The fourth-order valence-electron chi connectivity index (χ4n) is 2.46. The molecule has 0 aliphatic rings. The van der Waals surface area contributed by atoms with Gasteiger partial charge in [-0.05, 0) is 25.5 Å². The smallest absolute Gasteiger partial charge is 0.277 e. The first kappa shape index (κ1) is 13.3. The molecule has 0 aliphatic carbocycles. The summed E-state index contributed by atoms with van der Waals surface area (Å²) in [5.41, 5.74) is 2.16. The Kier molecular flexibility index (Phi) is 3.17. The zero-order valence-electron chi connectivity index (χ0n) is 11.9. The maximum Gasteiger partial charge on any atom is 0.277 e. The Bertz CT molecular complexity index is 890. The number of pyridine rings is 1. The number of rotatable bonds is 3. The predicted molar refractivity (Wildman–Crippen MR) is 80.6 cm³/mol. The van der Waals surface area contributed by atoms with Crippen LogP contribution in [0.5, 0.6) is 0 Å². The van der Waals surface area contributed by atoms with Gasteiger partial charge in [0.15, 0.2) is 0 Å². The van der Waals surface area contributed by atoms with Crippen molar-refractivity contribution in [3.63, 3.8) is 0 Å². The van der Waals surface area contributed by atoms with Crippen molar-refractivity contribution < 1.29 is 4.79 Å². The molecule has 106 valence electrons. The average Bonchev–Trinajstić information content (AvgIpc) is 2.88. The van der Waals surface area contributed by atoms with Crippen LogP contribution in [0.1, 0.15) is 28.4 Å². The van der Waals surface area contributed by atoms with Crippen molar-refractivity contribution >= 4 is 16.7 Å². The number of nitrogens with one attached hydrogen (secondary N) is 1. The number of benzene rings is 1. The van der Waals surface area contributed by atoms with Crippen LogP contribution in [0, 0.1) is 6.92 Å². The van der Waals surface area contributed by atoms with E-state index in [1.807, 2.05) is 26.0 Å². The number of nitrogens with zero attached hydrogens (tertiary/aromatic N) is 2. The van der Waals surface area contributed by atoms with Crippen molar-refractivity contribution in [2.75, 3.05) is 0 Å². The first-order valence-corrected chi connectivity index (χ1v) is 6.80. The topological polar surface area (TPSA) is 67.8 Å². The van der Waals surface area contributed by atoms with E-state index in [1.54, 1.807) is 18.3 Å². The number of aromatic amines is 1. The molecule has 0 saturated carbocycles. The minimum Gasteiger partial charge on any atom is -0.302 e. The van der Waals surface area contributed by atoms with Crippen LogP contribution in [0.15, 0.2) is 41.5 Å². The third-order valence-electron chi connectivity index (χ3n) is 3.62. The highest BCUT2D eigenvalue weighted by molar-refractivity contribution is 6.16. The maximum absolute atomic E-state index is 12.7. The Labute approximate surface area is 121 Å². The molecule has 3 aromatic rings. The monoisotopic (exact) mass is 281 g/mol. The number of hydrogen-bond donors (Lipinski definition) is 1. The van der Waals surface area contributed by atoms with Crippen LogP contribution in [-0.4, -0.2) is 20.5 Å². The maximum atomic E-state index is 12.7. The average molecular weight is 281 g/mol. The minimum atomic E-state index is -0.292. The van der Waals surface area contributed by atoms with Crippen LogP contribution in [0.3, 0.4) is 0 Å². The lowest BCUT2D eigenvalue weighted by atomic mass is 9.99. The molecule has 2 heterocycles. The first-order valence-electron chi connectivity index (χ1n) is 6.80. The molecule has 5 nitrogen and oxygen atoms in total. The van der Waals surface area contributed by atoms with E-state index in [1.165, 1.54) is 10.9 Å². The zero-order valence-corrected chi connectivity index (χ0v) is 11.9. The molecule has 0 unspecified atom stereocenters. The van der Waals surface area contributed by atoms with Crippen LogP contribution in [-0.2, 0) is 6.54 Å². The number of fused-ring (bicyclic) bond motifs is 1. The molecule has 0 radical (unpaired) electrons. The van der Waals surface area contributed by atoms with Crippen molar-refractivity contribution in [2.24, 2.45) is 0 Å². The van der Waals surface area contributed by atoms with E-state index in [-0.39, 0.29) is 16.9 Å². The molecular weight excluding hydrogens is 266 g/mol. The molecule has 0 aliphatic heterocycles. The summed E-state index contributed by atoms with van der Waals surface area (Å²) in [5.74, 6) is -0.276. The normalized spacial score (nSPS) is 11.0.